The number of ether oxygens (including phenoxy) is 2. The van der Waals surface area contributed by atoms with Gasteiger partial charge in [-0.3, -0.25) is 14.4 Å². The van der Waals surface area contributed by atoms with E-state index in [0.717, 1.165) is 5.56 Å². The average Bonchev–Trinajstić information content (AvgIpc) is 2.78. The Morgan fingerprint density at radius 1 is 0.969 bits per heavy atom. The standard InChI is InChI=1S/C23H27N3O5S/c1-16(17-8-4-3-5-9-17)24-22(29)18-10-6-7-11-19(18)25-23(32)26-20(27)12-13-21(28)31-15-14-30-2/h3-11,16H,12-15H2,1-2H3,(H,24,29)(H2,25,26,27,32)/t16-/m0/s1. The number of anilines is 1. The van der Waals surface area contributed by atoms with Crippen molar-refractivity contribution in [3.05, 3.63) is 65.7 Å². The highest BCUT2D eigenvalue weighted by Crippen LogP contribution is 2.18. The van der Waals surface area contributed by atoms with Gasteiger partial charge in [0.25, 0.3) is 5.91 Å². The molecule has 0 aliphatic heterocycles. The number of esters is 1. The van der Waals surface area contributed by atoms with Crippen LogP contribution in [0.5, 0.6) is 0 Å². The van der Waals surface area contributed by atoms with Gasteiger partial charge in [0.2, 0.25) is 5.91 Å². The lowest BCUT2D eigenvalue weighted by atomic mass is 10.1. The summed E-state index contributed by atoms with van der Waals surface area (Å²) in [4.78, 5) is 36.4. The van der Waals surface area contributed by atoms with Crippen LogP contribution in [0.1, 0.15) is 41.7 Å². The molecule has 32 heavy (non-hydrogen) atoms. The third kappa shape index (κ3) is 8.44. The van der Waals surface area contributed by atoms with Gasteiger partial charge in [-0.25, -0.2) is 0 Å². The van der Waals surface area contributed by atoms with E-state index in [1.165, 1.54) is 7.11 Å². The fraction of sp³-hybridized carbons (Fsp3) is 0.304. The minimum atomic E-state index is -0.495. The van der Waals surface area contributed by atoms with E-state index in [2.05, 4.69) is 16.0 Å². The van der Waals surface area contributed by atoms with Crippen LogP contribution in [-0.4, -0.2) is 43.2 Å². The number of nitrogens with one attached hydrogen (secondary N) is 3. The summed E-state index contributed by atoms with van der Waals surface area (Å²) in [6.07, 6.45) is -0.154. The molecular weight excluding hydrogens is 430 g/mol. The summed E-state index contributed by atoms with van der Waals surface area (Å²) in [7, 11) is 1.50. The Bertz CT molecular complexity index is 936. The second-order valence-corrected chi connectivity index (χ2v) is 7.28. The Morgan fingerprint density at radius 2 is 1.66 bits per heavy atom. The minimum absolute atomic E-state index is 0.0270. The Labute approximate surface area is 192 Å². The molecule has 0 heterocycles. The van der Waals surface area contributed by atoms with Crippen LogP contribution in [0.3, 0.4) is 0 Å². The van der Waals surface area contributed by atoms with E-state index in [4.69, 9.17) is 21.7 Å². The fourth-order valence-corrected chi connectivity index (χ4v) is 2.98. The molecule has 3 N–H and O–H groups in total. The second kappa shape index (κ2) is 13.2. The van der Waals surface area contributed by atoms with Gasteiger partial charge in [0, 0.05) is 13.5 Å². The quantitative estimate of drug-likeness (QED) is 0.286. The number of benzene rings is 2. The van der Waals surface area contributed by atoms with Crippen molar-refractivity contribution in [3.8, 4) is 0 Å². The number of carbonyl (C=O) groups excluding carboxylic acids is 3. The zero-order valence-corrected chi connectivity index (χ0v) is 18.9. The van der Waals surface area contributed by atoms with Gasteiger partial charge in [-0.1, -0.05) is 42.5 Å². The smallest absolute Gasteiger partial charge is 0.306 e. The molecule has 0 radical (unpaired) electrons. The molecule has 2 aromatic carbocycles. The molecule has 2 aromatic rings. The molecule has 170 valence electrons. The monoisotopic (exact) mass is 457 g/mol. The first-order valence-electron chi connectivity index (χ1n) is 10.1. The first-order valence-corrected chi connectivity index (χ1v) is 10.5. The van der Waals surface area contributed by atoms with Gasteiger partial charge >= 0.3 is 5.97 Å². The first-order chi connectivity index (χ1) is 15.4. The number of rotatable bonds is 10. The lowest BCUT2D eigenvalue weighted by Crippen LogP contribution is -2.35. The van der Waals surface area contributed by atoms with Crippen LogP contribution in [0.4, 0.5) is 5.69 Å². The summed E-state index contributed by atoms with van der Waals surface area (Å²) < 4.78 is 9.69. The lowest BCUT2D eigenvalue weighted by molar-refractivity contribution is -0.146. The largest absolute Gasteiger partial charge is 0.463 e. The van der Waals surface area contributed by atoms with Crippen molar-refractivity contribution in [1.29, 1.82) is 0 Å². The molecular formula is C23H27N3O5S. The molecule has 0 fully saturated rings. The first kappa shape index (κ1) is 25.0. The number of para-hydroxylation sites is 1. The fourth-order valence-electron chi connectivity index (χ4n) is 2.76. The van der Waals surface area contributed by atoms with Crippen molar-refractivity contribution in [2.24, 2.45) is 0 Å². The van der Waals surface area contributed by atoms with Crippen LogP contribution >= 0.6 is 12.2 Å². The zero-order chi connectivity index (χ0) is 23.3. The van der Waals surface area contributed by atoms with Gasteiger partial charge in [0.1, 0.15) is 6.61 Å². The molecule has 2 rings (SSSR count). The van der Waals surface area contributed by atoms with Crippen LogP contribution in [0, 0.1) is 0 Å². The van der Waals surface area contributed by atoms with Crippen LogP contribution < -0.4 is 16.0 Å². The lowest BCUT2D eigenvalue weighted by Gasteiger charge is -2.17. The number of hydrogen-bond acceptors (Lipinski definition) is 6. The molecule has 8 nitrogen and oxygen atoms in total. The van der Waals surface area contributed by atoms with E-state index < -0.39 is 11.9 Å². The third-order valence-corrected chi connectivity index (χ3v) is 4.63. The Balaban J connectivity index is 1.89. The van der Waals surface area contributed by atoms with Crippen molar-refractivity contribution >= 4 is 40.8 Å². The summed E-state index contributed by atoms with van der Waals surface area (Å²) >= 11 is 5.18. The molecule has 0 aliphatic carbocycles. The van der Waals surface area contributed by atoms with E-state index >= 15 is 0 Å². The van der Waals surface area contributed by atoms with E-state index in [0.29, 0.717) is 17.9 Å². The normalized spacial score (nSPS) is 11.2. The van der Waals surface area contributed by atoms with Crippen LogP contribution in [0.2, 0.25) is 0 Å². The molecule has 0 unspecified atom stereocenters. The predicted molar refractivity (Wildman–Crippen MR) is 125 cm³/mol. The summed E-state index contributed by atoms with van der Waals surface area (Å²) in [5.74, 6) is -1.21. The molecule has 0 bridgehead atoms. The van der Waals surface area contributed by atoms with E-state index in [-0.39, 0.29) is 36.5 Å². The van der Waals surface area contributed by atoms with Crippen molar-refractivity contribution in [2.45, 2.75) is 25.8 Å². The molecule has 0 spiro atoms. The van der Waals surface area contributed by atoms with Crippen molar-refractivity contribution in [3.63, 3.8) is 0 Å². The zero-order valence-electron chi connectivity index (χ0n) is 18.1. The topological polar surface area (TPSA) is 106 Å². The van der Waals surface area contributed by atoms with E-state index in [1.807, 2.05) is 37.3 Å². The highest BCUT2D eigenvalue weighted by molar-refractivity contribution is 7.80. The van der Waals surface area contributed by atoms with E-state index in [1.54, 1.807) is 24.3 Å². The van der Waals surface area contributed by atoms with Gasteiger partial charge in [0.15, 0.2) is 5.11 Å². The van der Waals surface area contributed by atoms with Gasteiger partial charge in [-0.2, -0.15) is 0 Å². The SMILES string of the molecule is COCCOC(=O)CCC(=O)NC(=S)Nc1ccccc1C(=O)N[C@@H](C)c1ccccc1. The van der Waals surface area contributed by atoms with Gasteiger partial charge in [0.05, 0.1) is 30.3 Å². The molecule has 0 saturated carbocycles. The van der Waals surface area contributed by atoms with Gasteiger partial charge < -0.3 is 25.4 Å². The maximum atomic E-state index is 12.8. The molecule has 2 amide bonds. The van der Waals surface area contributed by atoms with Gasteiger partial charge in [-0.15, -0.1) is 0 Å². The molecule has 0 aliphatic rings. The van der Waals surface area contributed by atoms with Crippen LogP contribution in [0.15, 0.2) is 54.6 Å². The number of methoxy groups -OCH3 is 1. The number of hydrogen-bond donors (Lipinski definition) is 3. The van der Waals surface area contributed by atoms with Crippen LogP contribution in [0.25, 0.3) is 0 Å². The van der Waals surface area contributed by atoms with Gasteiger partial charge in [-0.05, 0) is 36.8 Å². The van der Waals surface area contributed by atoms with Crippen molar-refractivity contribution in [1.82, 2.24) is 10.6 Å². The minimum Gasteiger partial charge on any atom is -0.463 e. The Morgan fingerprint density at radius 3 is 2.38 bits per heavy atom. The summed E-state index contributed by atoms with van der Waals surface area (Å²) in [5.41, 5.74) is 1.82. The van der Waals surface area contributed by atoms with Crippen LogP contribution in [-0.2, 0) is 19.1 Å². The number of thiocarbonyl (C=S) groups is 1. The number of carbonyl (C=O) groups is 3. The highest BCUT2D eigenvalue weighted by atomic mass is 32.1. The summed E-state index contributed by atoms with van der Waals surface area (Å²) in [6, 6.07) is 16.3. The van der Waals surface area contributed by atoms with Crippen molar-refractivity contribution < 1.29 is 23.9 Å². The predicted octanol–water partition coefficient (Wildman–Crippen LogP) is 2.96. The third-order valence-electron chi connectivity index (χ3n) is 4.43. The van der Waals surface area contributed by atoms with E-state index in [9.17, 15) is 14.4 Å². The Hall–Kier alpha value is -3.30. The second-order valence-electron chi connectivity index (χ2n) is 6.87. The summed E-state index contributed by atoms with van der Waals surface area (Å²) in [5, 5.41) is 8.35. The summed E-state index contributed by atoms with van der Waals surface area (Å²) in [6.45, 7) is 2.33. The Kier molecular flexibility index (Phi) is 10.3. The molecule has 0 aromatic heterocycles. The highest BCUT2D eigenvalue weighted by Gasteiger charge is 2.16. The number of amides is 2. The molecule has 1 atom stereocenters. The molecule has 9 heteroatoms. The maximum Gasteiger partial charge on any atom is 0.306 e. The maximum absolute atomic E-state index is 12.8. The average molecular weight is 458 g/mol. The molecule has 0 saturated heterocycles. The van der Waals surface area contributed by atoms with Crippen molar-refractivity contribution in [2.75, 3.05) is 25.6 Å².